The minimum absolute atomic E-state index is 0.145. The predicted molar refractivity (Wildman–Crippen MR) is 104 cm³/mol. The summed E-state index contributed by atoms with van der Waals surface area (Å²) < 4.78 is 1.95. The molecule has 3 aliphatic heterocycles. The fourth-order valence-corrected chi connectivity index (χ4v) is 4.50. The zero-order valence-corrected chi connectivity index (χ0v) is 16.3. The molecule has 3 fully saturated rings. The van der Waals surface area contributed by atoms with Crippen LogP contribution in [0, 0.1) is 12.8 Å². The van der Waals surface area contributed by atoms with Gasteiger partial charge in [-0.15, -0.1) is 0 Å². The number of amides is 1. The molecular formula is C21H29N5O. The molecule has 0 unspecified atom stereocenters. The van der Waals surface area contributed by atoms with Gasteiger partial charge in [-0.05, 0) is 44.2 Å². The van der Waals surface area contributed by atoms with E-state index >= 15 is 0 Å². The van der Waals surface area contributed by atoms with Crippen molar-refractivity contribution in [2.24, 2.45) is 5.92 Å². The summed E-state index contributed by atoms with van der Waals surface area (Å²) in [7, 11) is 0. The van der Waals surface area contributed by atoms with Crippen LogP contribution in [0.5, 0.6) is 0 Å². The van der Waals surface area contributed by atoms with Crippen LogP contribution in [-0.2, 0) is 13.1 Å². The second kappa shape index (κ2) is 7.80. The van der Waals surface area contributed by atoms with Crippen LogP contribution < -0.4 is 0 Å². The summed E-state index contributed by atoms with van der Waals surface area (Å²) in [4.78, 5) is 22.3. The van der Waals surface area contributed by atoms with Gasteiger partial charge in [0.25, 0.3) is 5.91 Å². The van der Waals surface area contributed by atoms with Crippen molar-refractivity contribution < 1.29 is 4.79 Å². The summed E-state index contributed by atoms with van der Waals surface area (Å²) in [5.41, 5.74) is 2.87. The summed E-state index contributed by atoms with van der Waals surface area (Å²) in [6, 6.07) is 6.51. The van der Waals surface area contributed by atoms with Crippen LogP contribution in [0.2, 0.25) is 0 Å². The largest absolute Gasteiger partial charge is 0.337 e. The van der Waals surface area contributed by atoms with Crippen molar-refractivity contribution in [3.8, 4) is 0 Å². The molecule has 2 atom stereocenters. The first-order valence-electron chi connectivity index (χ1n) is 10.1. The Morgan fingerprint density at radius 3 is 2.89 bits per heavy atom. The minimum Gasteiger partial charge on any atom is -0.337 e. The van der Waals surface area contributed by atoms with Crippen LogP contribution in [-0.4, -0.2) is 56.1 Å². The molecule has 27 heavy (non-hydrogen) atoms. The van der Waals surface area contributed by atoms with E-state index in [2.05, 4.69) is 32.9 Å². The summed E-state index contributed by atoms with van der Waals surface area (Å²) in [5.74, 6) is 0.689. The third-order valence-corrected chi connectivity index (χ3v) is 5.97. The smallest absolute Gasteiger partial charge is 0.257 e. The van der Waals surface area contributed by atoms with Gasteiger partial charge in [0.05, 0.1) is 17.5 Å². The molecule has 2 aromatic rings. The number of pyridine rings is 1. The molecule has 2 aromatic heterocycles. The number of carbonyl (C=O) groups is 1. The Balaban J connectivity index is 1.49. The molecule has 1 amide bonds. The van der Waals surface area contributed by atoms with Crippen molar-refractivity contribution in [3.63, 3.8) is 0 Å². The molecule has 144 valence electrons. The molecule has 0 N–H and O–H groups in total. The summed E-state index contributed by atoms with van der Waals surface area (Å²) in [6.45, 7) is 8.59. The highest BCUT2D eigenvalue weighted by Gasteiger charge is 2.37. The highest BCUT2D eigenvalue weighted by Crippen LogP contribution is 2.30. The lowest BCUT2D eigenvalue weighted by atomic mass is 9.95. The molecule has 3 aliphatic rings. The monoisotopic (exact) mass is 367 g/mol. The van der Waals surface area contributed by atoms with Gasteiger partial charge in [-0.2, -0.15) is 5.10 Å². The first kappa shape index (κ1) is 18.2. The van der Waals surface area contributed by atoms with Gasteiger partial charge < -0.3 is 4.90 Å². The molecule has 6 heteroatoms. The van der Waals surface area contributed by atoms with Crippen LogP contribution >= 0.6 is 0 Å². The Hall–Kier alpha value is -2.21. The average molecular weight is 367 g/mol. The molecule has 0 aromatic carbocycles. The topological polar surface area (TPSA) is 54.3 Å². The highest BCUT2D eigenvalue weighted by molar-refractivity contribution is 5.95. The Kier molecular flexibility index (Phi) is 5.25. The Bertz CT molecular complexity index is 787. The number of hydrogen-bond acceptors (Lipinski definition) is 4. The third kappa shape index (κ3) is 3.76. The van der Waals surface area contributed by atoms with Gasteiger partial charge in [-0.3, -0.25) is 19.4 Å². The summed E-state index contributed by atoms with van der Waals surface area (Å²) in [6.07, 6.45) is 7.01. The number of aryl methyl sites for hydroxylation is 1. The van der Waals surface area contributed by atoms with E-state index in [4.69, 9.17) is 0 Å². The molecule has 6 nitrogen and oxygen atoms in total. The molecular weight excluding hydrogens is 338 g/mol. The Morgan fingerprint density at radius 2 is 2.11 bits per heavy atom. The maximum absolute atomic E-state index is 13.2. The van der Waals surface area contributed by atoms with Crippen LogP contribution in [0.15, 0.2) is 30.6 Å². The van der Waals surface area contributed by atoms with Crippen molar-refractivity contribution in [2.45, 2.75) is 52.2 Å². The van der Waals surface area contributed by atoms with E-state index in [1.807, 2.05) is 29.9 Å². The van der Waals surface area contributed by atoms with Crippen molar-refractivity contribution in [1.82, 2.24) is 24.6 Å². The van der Waals surface area contributed by atoms with Crippen LogP contribution in [0.4, 0.5) is 0 Å². The van der Waals surface area contributed by atoms with Crippen molar-refractivity contribution in [1.29, 1.82) is 0 Å². The van der Waals surface area contributed by atoms with Gasteiger partial charge in [0.15, 0.2) is 0 Å². The maximum atomic E-state index is 13.2. The number of rotatable bonds is 5. The Labute approximate surface area is 161 Å². The maximum Gasteiger partial charge on any atom is 0.257 e. The highest BCUT2D eigenvalue weighted by atomic mass is 16.2. The zero-order chi connectivity index (χ0) is 18.8. The first-order valence-corrected chi connectivity index (χ1v) is 10.1. The first-order chi connectivity index (χ1) is 13.2. The number of hydrogen-bond donors (Lipinski definition) is 0. The zero-order valence-electron chi connectivity index (χ0n) is 16.3. The lowest BCUT2D eigenvalue weighted by Gasteiger charge is -2.35. The molecule has 0 spiro atoms. The number of nitrogens with zero attached hydrogens (tertiary/aromatic N) is 5. The molecule has 5 rings (SSSR count). The molecule has 5 heterocycles. The minimum atomic E-state index is 0.145. The van der Waals surface area contributed by atoms with Crippen molar-refractivity contribution >= 4 is 5.91 Å². The standard InChI is InChI=1S/C21H29N5O/c1-3-10-26-16(2)20(11-23-26)21(27)25-13-17-7-8-19(15-25)24(12-17)14-18-6-4-5-9-22-18/h4-6,9,11,17,19H,3,7-8,10,12-15H2,1-2H3/t17-,19-/m0/s1. The van der Waals surface area contributed by atoms with E-state index in [9.17, 15) is 4.79 Å². The second-order valence-corrected chi connectivity index (χ2v) is 7.92. The van der Waals surface area contributed by atoms with Gasteiger partial charge in [-0.1, -0.05) is 13.0 Å². The van der Waals surface area contributed by atoms with Gasteiger partial charge in [0, 0.05) is 50.7 Å². The van der Waals surface area contributed by atoms with Crippen LogP contribution in [0.25, 0.3) is 0 Å². The lowest BCUT2D eigenvalue weighted by Crippen LogP contribution is -2.44. The summed E-state index contributed by atoms with van der Waals surface area (Å²) >= 11 is 0. The van der Waals surface area contributed by atoms with Crippen molar-refractivity contribution in [2.75, 3.05) is 19.6 Å². The SMILES string of the molecule is CCCn1ncc(C(=O)N2C[C@H]3CC[C@@H](C2)N(Cc2ccccn2)C3)c1C. The van der Waals surface area contributed by atoms with Crippen LogP contribution in [0.3, 0.4) is 0 Å². The average Bonchev–Trinajstić information content (AvgIpc) is 2.85. The number of carbonyl (C=O) groups excluding carboxylic acids is 1. The van der Waals surface area contributed by atoms with E-state index in [1.54, 1.807) is 6.20 Å². The van der Waals surface area contributed by atoms with E-state index in [1.165, 1.54) is 6.42 Å². The van der Waals surface area contributed by atoms with E-state index in [0.717, 1.165) is 62.5 Å². The lowest BCUT2D eigenvalue weighted by molar-refractivity contribution is 0.0734. The normalized spacial score (nSPS) is 22.8. The fraction of sp³-hybridized carbons (Fsp3) is 0.571. The Morgan fingerprint density at radius 1 is 1.22 bits per heavy atom. The molecule has 3 saturated heterocycles. The number of aromatic nitrogens is 3. The second-order valence-electron chi connectivity index (χ2n) is 7.92. The van der Waals surface area contributed by atoms with Gasteiger partial charge in [0.2, 0.25) is 0 Å². The number of fused-ring (bicyclic) bond motifs is 4. The quantitative estimate of drug-likeness (QED) is 0.815. The van der Waals surface area contributed by atoms with Crippen molar-refractivity contribution in [3.05, 3.63) is 47.5 Å². The fourth-order valence-electron chi connectivity index (χ4n) is 4.50. The van der Waals surface area contributed by atoms with Gasteiger partial charge in [0.1, 0.15) is 0 Å². The molecule has 0 radical (unpaired) electrons. The molecule has 0 saturated carbocycles. The predicted octanol–water partition coefficient (Wildman–Crippen LogP) is 2.73. The van der Waals surface area contributed by atoms with E-state index in [0.29, 0.717) is 12.0 Å². The van der Waals surface area contributed by atoms with Crippen LogP contribution in [0.1, 0.15) is 47.9 Å². The van der Waals surface area contributed by atoms with E-state index < -0.39 is 0 Å². The number of piperidine rings is 1. The van der Waals surface area contributed by atoms with Gasteiger partial charge >= 0.3 is 0 Å². The third-order valence-electron chi connectivity index (χ3n) is 5.97. The van der Waals surface area contributed by atoms with Gasteiger partial charge in [-0.25, -0.2) is 0 Å². The summed E-state index contributed by atoms with van der Waals surface area (Å²) in [5, 5.41) is 4.42. The molecule has 2 bridgehead atoms. The van der Waals surface area contributed by atoms with E-state index in [-0.39, 0.29) is 5.91 Å². The molecule has 0 aliphatic carbocycles.